The Hall–Kier alpha value is -2.52. The average molecular weight is 515 g/mol. The number of hydrogen-bond donors (Lipinski definition) is 2. The van der Waals surface area contributed by atoms with Gasteiger partial charge in [0.15, 0.2) is 6.10 Å². The average Bonchev–Trinajstić information content (AvgIpc) is 3.03. The number of hydrogen-bond acceptors (Lipinski definition) is 4. The zero-order valence-electron chi connectivity index (χ0n) is 19.8. The SMILES string of the molecule is CCOC(=O)CCCCCCCc1c(C)n(CC(O)C(F)(F)F)c2ccc3[nH]c(=O)cc(Cl)c3c12. The minimum Gasteiger partial charge on any atom is -0.466 e. The lowest BCUT2D eigenvalue weighted by molar-refractivity contribution is -0.207. The van der Waals surface area contributed by atoms with E-state index in [1.165, 1.54) is 10.6 Å². The van der Waals surface area contributed by atoms with Crippen molar-refractivity contribution in [3.8, 4) is 0 Å². The van der Waals surface area contributed by atoms with Crippen LogP contribution in [0.4, 0.5) is 13.2 Å². The molecule has 0 radical (unpaired) electrons. The smallest absolute Gasteiger partial charge is 0.416 e. The summed E-state index contributed by atoms with van der Waals surface area (Å²) in [6, 6.07) is 4.53. The molecule has 0 saturated heterocycles. The lowest BCUT2D eigenvalue weighted by atomic mass is 10.00. The van der Waals surface area contributed by atoms with Crippen LogP contribution in [0.5, 0.6) is 0 Å². The quantitative estimate of drug-likeness (QED) is 0.250. The summed E-state index contributed by atoms with van der Waals surface area (Å²) in [5.41, 5.74) is 2.14. The number of rotatable bonds is 11. The summed E-state index contributed by atoms with van der Waals surface area (Å²) in [5, 5.41) is 11.3. The van der Waals surface area contributed by atoms with Crippen molar-refractivity contribution >= 4 is 39.4 Å². The molecule has 192 valence electrons. The van der Waals surface area contributed by atoms with Gasteiger partial charge in [-0.05, 0) is 50.8 Å². The highest BCUT2D eigenvalue weighted by atomic mass is 35.5. The number of nitrogens with zero attached hydrogens (tertiary/aromatic N) is 1. The Morgan fingerprint density at radius 1 is 1.17 bits per heavy atom. The Balaban J connectivity index is 1.87. The molecule has 0 spiro atoms. The summed E-state index contributed by atoms with van der Waals surface area (Å²) >= 11 is 6.42. The number of nitrogens with one attached hydrogen (secondary N) is 1. The van der Waals surface area contributed by atoms with Crippen molar-refractivity contribution in [2.75, 3.05) is 6.61 Å². The van der Waals surface area contributed by atoms with Crippen LogP contribution < -0.4 is 5.56 Å². The number of benzene rings is 1. The normalized spacial score (nSPS) is 13.0. The molecule has 0 bridgehead atoms. The van der Waals surface area contributed by atoms with Gasteiger partial charge < -0.3 is 19.4 Å². The molecule has 0 amide bonds. The standard InChI is InChI=1S/C25H30ClF3N2O4/c1-3-35-22(34)10-8-6-4-5-7-9-16-15(2)31(14-20(32)25(27,28)29)19-12-11-18-24(23(16)19)17(26)13-21(33)30-18/h11-13,20,32H,3-10,14H2,1-2H3,(H,30,33). The second kappa shape index (κ2) is 11.5. The summed E-state index contributed by atoms with van der Waals surface area (Å²) in [4.78, 5) is 26.1. The van der Waals surface area contributed by atoms with E-state index in [4.69, 9.17) is 16.3 Å². The number of aryl methyl sites for hydroxylation is 1. The van der Waals surface area contributed by atoms with Gasteiger partial charge in [-0.3, -0.25) is 9.59 Å². The fourth-order valence-corrected chi connectivity index (χ4v) is 4.80. The number of carbonyl (C=O) groups is 1. The number of alkyl halides is 3. The second-order valence-corrected chi connectivity index (χ2v) is 9.08. The Morgan fingerprint density at radius 3 is 2.54 bits per heavy atom. The third-order valence-corrected chi connectivity index (χ3v) is 6.52. The topological polar surface area (TPSA) is 84.3 Å². The van der Waals surface area contributed by atoms with Gasteiger partial charge in [0.2, 0.25) is 5.56 Å². The lowest BCUT2D eigenvalue weighted by Gasteiger charge is -2.17. The molecule has 0 saturated carbocycles. The summed E-state index contributed by atoms with van der Waals surface area (Å²) in [6.07, 6.45) is -2.04. The number of aromatic nitrogens is 2. The number of ether oxygens (including phenoxy) is 1. The monoisotopic (exact) mass is 514 g/mol. The molecule has 2 N–H and O–H groups in total. The maximum atomic E-state index is 13.1. The molecule has 1 unspecified atom stereocenters. The molecule has 3 rings (SSSR count). The van der Waals surface area contributed by atoms with E-state index in [0.717, 1.165) is 37.7 Å². The summed E-state index contributed by atoms with van der Waals surface area (Å²) in [5.74, 6) is -0.196. The molecule has 1 aromatic carbocycles. The van der Waals surface area contributed by atoms with Crippen LogP contribution in [0.1, 0.15) is 56.7 Å². The van der Waals surface area contributed by atoms with Gasteiger partial charge in [-0.25, -0.2) is 0 Å². The van der Waals surface area contributed by atoms with Crippen LogP contribution in [0.3, 0.4) is 0 Å². The summed E-state index contributed by atoms with van der Waals surface area (Å²) in [6.45, 7) is 3.25. The van der Waals surface area contributed by atoms with Gasteiger partial charge in [-0.15, -0.1) is 0 Å². The predicted octanol–water partition coefficient (Wildman–Crippen LogP) is 5.81. The molecule has 2 aromatic heterocycles. The molecule has 35 heavy (non-hydrogen) atoms. The van der Waals surface area contributed by atoms with Gasteiger partial charge >= 0.3 is 12.1 Å². The first kappa shape index (κ1) is 27.1. The predicted molar refractivity (Wildman–Crippen MR) is 130 cm³/mol. The van der Waals surface area contributed by atoms with Gasteiger partial charge in [-0.1, -0.05) is 30.9 Å². The first-order chi connectivity index (χ1) is 16.5. The molecule has 0 aliphatic rings. The van der Waals surface area contributed by atoms with Crippen molar-refractivity contribution in [2.45, 2.75) is 77.6 Å². The van der Waals surface area contributed by atoms with E-state index >= 15 is 0 Å². The third-order valence-electron chi connectivity index (χ3n) is 6.22. The van der Waals surface area contributed by atoms with Crippen molar-refractivity contribution in [2.24, 2.45) is 0 Å². The fraction of sp³-hybridized carbons (Fsp3) is 0.520. The number of esters is 1. The molecule has 3 aromatic rings. The second-order valence-electron chi connectivity index (χ2n) is 8.67. The van der Waals surface area contributed by atoms with E-state index in [2.05, 4.69) is 4.98 Å². The number of fused-ring (bicyclic) bond motifs is 3. The number of unbranched alkanes of at least 4 members (excludes halogenated alkanes) is 4. The van der Waals surface area contributed by atoms with Gasteiger partial charge in [0.05, 0.1) is 23.7 Å². The van der Waals surface area contributed by atoms with Crippen LogP contribution >= 0.6 is 11.6 Å². The van der Waals surface area contributed by atoms with E-state index < -0.39 is 18.8 Å². The number of aromatic amines is 1. The van der Waals surface area contributed by atoms with Crippen LogP contribution in [0, 0.1) is 6.92 Å². The highest BCUT2D eigenvalue weighted by molar-refractivity contribution is 6.37. The molecule has 0 aliphatic heterocycles. The van der Waals surface area contributed by atoms with Gasteiger partial charge in [-0.2, -0.15) is 13.2 Å². The van der Waals surface area contributed by atoms with E-state index in [1.807, 2.05) is 0 Å². The van der Waals surface area contributed by atoms with Gasteiger partial charge in [0.1, 0.15) is 0 Å². The van der Waals surface area contributed by atoms with Crippen molar-refractivity contribution in [1.29, 1.82) is 0 Å². The summed E-state index contributed by atoms with van der Waals surface area (Å²) in [7, 11) is 0. The van der Waals surface area contributed by atoms with E-state index in [-0.39, 0.29) is 16.6 Å². The number of pyridine rings is 1. The largest absolute Gasteiger partial charge is 0.466 e. The van der Waals surface area contributed by atoms with Crippen LogP contribution in [0.15, 0.2) is 23.0 Å². The fourth-order valence-electron chi connectivity index (χ4n) is 4.51. The Labute approximate surface area is 206 Å². The molecule has 10 heteroatoms. The maximum Gasteiger partial charge on any atom is 0.416 e. The van der Waals surface area contributed by atoms with Crippen molar-refractivity contribution < 1.29 is 27.8 Å². The number of aliphatic hydroxyl groups is 1. The molecule has 6 nitrogen and oxygen atoms in total. The Kier molecular flexibility index (Phi) is 8.88. The summed E-state index contributed by atoms with van der Waals surface area (Å²) < 4.78 is 45.8. The van der Waals surface area contributed by atoms with E-state index in [0.29, 0.717) is 46.9 Å². The van der Waals surface area contributed by atoms with Crippen LogP contribution in [-0.2, 0) is 22.5 Å². The van der Waals surface area contributed by atoms with E-state index in [9.17, 15) is 27.9 Å². The zero-order valence-corrected chi connectivity index (χ0v) is 20.6. The van der Waals surface area contributed by atoms with Crippen molar-refractivity contribution in [3.63, 3.8) is 0 Å². The maximum absolute atomic E-state index is 13.1. The highest BCUT2D eigenvalue weighted by Gasteiger charge is 2.39. The Bertz CT molecular complexity index is 1250. The molecular formula is C25H30ClF3N2O4. The van der Waals surface area contributed by atoms with Crippen LogP contribution in [0.2, 0.25) is 5.02 Å². The molecule has 0 fully saturated rings. The van der Waals surface area contributed by atoms with Crippen LogP contribution in [0.25, 0.3) is 21.8 Å². The minimum atomic E-state index is -4.74. The van der Waals surface area contributed by atoms with Crippen LogP contribution in [-0.4, -0.2) is 39.5 Å². The number of aliphatic hydroxyl groups excluding tert-OH is 1. The van der Waals surface area contributed by atoms with E-state index in [1.54, 1.807) is 26.0 Å². The number of carbonyl (C=O) groups excluding carboxylic acids is 1. The van der Waals surface area contributed by atoms with Crippen molar-refractivity contribution in [1.82, 2.24) is 9.55 Å². The first-order valence-corrected chi connectivity index (χ1v) is 12.2. The zero-order chi connectivity index (χ0) is 25.8. The molecule has 0 aliphatic carbocycles. The third kappa shape index (κ3) is 6.38. The van der Waals surface area contributed by atoms with Gasteiger partial charge in [0.25, 0.3) is 0 Å². The first-order valence-electron chi connectivity index (χ1n) is 11.8. The van der Waals surface area contributed by atoms with Crippen molar-refractivity contribution in [3.05, 3.63) is 44.8 Å². The minimum absolute atomic E-state index is 0.196. The highest BCUT2D eigenvalue weighted by Crippen LogP contribution is 2.37. The number of halogens is 4. The molecular weight excluding hydrogens is 485 g/mol. The number of H-pyrrole nitrogens is 1. The Morgan fingerprint density at radius 2 is 1.86 bits per heavy atom. The molecule has 2 heterocycles. The van der Waals surface area contributed by atoms with Gasteiger partial charge in [0, 0.05) is 34.5 Å². The lowest BCUT2D eigenvalue weighted by Crippen LogP contribution is -2.33. The molecule has 1 atom stereocenters.